The molecule has 3 aromatic carbocycles. The summed E-state index contributed by atoms with van der Waals surface area (Å²) in [5, 5.41) is 6.24. The molecule has 2 nitrogen and oxygen atoms in total. The monoisotopic (exact) mass is 602 g/mol. The summed E-state index contributed by atoms with van der Waals surface area (Å²) >= 11 is 33.6. The van der Waals surface area contributed by atoms with Crippen LogP contribution in [-0.4, -0.2) is 10.1 Å². The Hall–Kier alpha value is -1.85. The first kappa shape index (κ1) is 25.4. The standard InChI is InChI=1S/C29H19Cl5N2S/c30-19-7-4-16(5-8-19)26-15-37-29-35-27-18(12-17-6-9-20(31)13-24(17)33)2-1-3-23(27)28(36(26)29)22-11-10-21(32)14-25(22)34/h4-15,28H,1-3H2/b18-12+. The van der Waals surface area contributed by atoms with Gasteiger partial charge in [-0.1, -0.05) is 94.0 Å². The van der Waals surface area contributed by atoms with E-state index < -0.39 is 0 Å². The molecule has 37 heavy (non-hydrogen) atoms. The summed E-state index contributed by atoms with van der Waals surface area (Å²) in [6.07, 6.45) is 4.97. The third-order valence-corrected chi connectivity index (χ3v) is 8.94. The van der Waals surface area contributed by atoms with Crippen LogP contribution in [0.4, 0.5) is 0 Å². The van der Waals surface area contributed by atoms with Crippen LogP contribution in [0.25, 0.3) is 11.8 Å². The molecule has 1 unspecified atom stereocenters. The van der Waals surface area contributed by atoms with Gasteiger partial charge in [-0.3, -0.25) is 0 Å². The summed E-state index contributed by atoms with van der Waals surface area (Å²) in [6.45, 7) is 0. The van der Waals surface area contributed by atoms with E-state index in [0.717, 1.165) is 58.1 Å². The van der Waals surface area contributed by atoms with Crippen LogP contribution < -0.4 is 0 Å². The Morgan fingerprint density at radius 1 is 0.811 bits per heavy atom. The van der Waals surface area contributed by atoms with Crippen molar-refractivity contribution in [3.8, 4) is 0 Å². The molecule has 0 spiro atoms. The number of fused-ring (bicyclic) bond motifs is 1. The van der Waals surface area contributed by atoms with Crippen LogP contribution in [0.3, 0.4) is 0 Å². The van der Waals surface area contributed by atoms with Crippen molar-refractivity contribution in [2.45, 2.75) is 25.3 Å². The lowest BCUT2D eigenvalue weighted by atomic mass is 9.82. The highest BCUT2D eigenvalue weighted by Gasteiger charge is 2.41. The van der Waals surface area contributed by atoms with E-state index in [1.165, 1.54) is 5.57 Å². The number of halogens is 5. The Morgan fingerprint density at radius 2 is 1.51 bits per heavy atom. The SMILES string of the molecule is Clc1ccc(C2=CSC3=NC4=C(CCC/C4=C\c4ccc(Cl)cc4Cl)C(c4ccc(Cl)cc4Cl)N23)cc1. The fraction of sp³-hybridized carbons (Fsp3) is 0.138. The number of amidine groups is 1. The molecule has 0 bridgehead atoms. The number of rotatable bonds is 3. The van der Waals surface area contributed by atoms with Gasteiger partial charge in [0.2, 0.25) is 0 Å². The minimum Gasteiger partial charge on any atom is -0.308 e. The van der Waals surface area contributed by atoms with Crippen molar-refractivity contribution in [2.24, 2.45) is 4.99 Å². The number of hydrogen-bond donors (Lipinski definition) is 0. The van der Waals surface area contributed by atoms with Gasteiger partial charge in [-0.2, -0.15) is 0 Å². The molecule has 2 heterocycles. The lowest BCUT2D eigenvalue weighted by molar-refractivity contribution is 0.458. The first-order chi connectivity index (χ1) is 17.9. The minimum absolute atomic E-state index is 0.117. The van der Waals surface area contributed by atoms with Crippen molar-refractivity contribution in [2.75, 3.05) is 0 Å². The second-order valence-corrected chi connectivity index (χ2v) is 12.0. The zero-order chi connectivity index (χ0) is 25.7. The second-order valence-electron chi connectivity index (χ2n) is 9.02. The third-order valence-electron chi connectivity index (χ3n) is 6.73. The third kappa shape index (κ3) is 4.87. The van der Waals surface area contributed by atoms with Crippen LogP contribution >= 0.6 is 69.8 Å². The molecule has 8 heteroatoms. The molecular weight excluding hydrogens is 586 g/mol. The maximum absolute atomic E-state index is 6.84. The predicted molar refractivity (Wildman–Crippen MR) is 161 cm³/mol. The smallest absolute Gasteiger partial charge is 0.174 e. The largest absolute Gasteiger partial charge is 0.308 e. The van der Waals surface area contributed by atoms with Gasteiger partial charge >= 0.3 is 0 Å². The molecule has 2 aliphatic heterocycles. The van der Waals surface area contributed by atoms with E-state index in [4.69, 9.17) is 63.0 Å². The summed E-state index contributed by atoms with van der Waals surface area (Å²) < 4.78 is 0. The summed E-state index contributed by atoms with van der Waals surface area (Å²) in [6, 6.07) is 19.1. The zero-order valence-electron chi connectivity index (χ0n) is 19.3. The van der Waals surface area contributed by atoms with Gasteiger partial charge in [0, 0.05) is 30.5 Å². The Labute approximate surface area is 245 Å². The molecule has 0 aromatic heterocycles. The maximum atomic E-state index is 6.84. The fourth-order valence-corrected chi connectivity index (χ4v) is 7.08. The molecular formula is C29H19Cl5N2S. The van der Waals surface area contributed by atoms with Gasteiger partial charge in [0.25, 0.3) is 0 Å². The van der Waals surface area contributed by atoms with E-state index >= 15 is 0 Å². The quantitative estimate of drug-likeness (QED) is 0.296. The average molecular weight is 605 g/mol. The highest BCUT2D eigenvalue weighted by atomic mass is 35.5. The normalized spacial score (nSPS) is 20.1. The summed E-state index contributed by atoms with van der Waals surface area (Å²) in [5.41, 5.74) is 7.47. The van der Waals surface area contributed by atoms with Crippen molar-refractivity contribution in [1.29, 1.82) is 0 Å². The molecule has 3 aliphatic rings. The summed E-state index contributed by atoms with van der Waals surface area (Å²) in [5.74, 6) is 0. The molecule has 1 atom stereocenters. The number of hydrogen-bond acceptors (Lipinski definition) is 3. The number of allylic oxidation sites excluding steroid dienone is 1. The Balaban J connectivity index is 1.52. The van der Waals surface area contributed by atoms with Crippen LogP contribution in [0.2, 0.25) is 25.1 Å². The first-order valence-corrected chi connectivity index (χ1v) is 14.5. The van der Waals surface area contributed by atoms with Gasteiger partial charge in [-0.25, -0.2) is 4.99 Å². The Kier molecular flexibility index (Phi) is 7.13. The van der Waals surface area contributed by atoms with E-state index in [2.05, 4.69) is 16.4 Å². The van der Waals surface area contributed by atoms with Crippen LogP contribution in [-0.2, 0) is 0 Å². The molecule has 0 amide bonds. The lowest BCUT2D eigenvalue weighted by Gasteiger charge is -2.40. The molecule has 0 saturated carbocycles. The molecule has 3 aromatic rings. The highest BCUT2D eigenvalue weighted by Crippen LogP contribution is 2.52. The van der Waals surface area contributed by atoms with E-state index in [1.54, 1.807) is 17.8 Å². The fourth-order valence-electron chi connectivity index (χ4n) is 5.05. The van der Waals surface area contributed by atoms with Crippen molar-refractivity contribution in [1.82, 2.24) is 4.90 Å². The summed E-state index contributed by atoms with van der Waals surface area (Å²) in [7, 11) is 0. The maximum Gasteiger partial charge on any atom is 0.174 e. The molecule has 1 aliphatic carbocycles. The van der Waals surface area contributed by atoms with Crippen LogP contribution in [0.1, 0.15) is 42.0 Å². The Bertz CT molecular complexity index is 1540. The number of benzene rings is 3. The summed E-state index contributed by atoms with van der Waals surface area (Å²) in [4.78, 5) is 7.50. The number of aliphatic imine (C=N–C) groups is 1. The molecule has 0 saturated heterocycles. The van der Waals surface area contributed by atoms with Gasteiger partial charge in [-0.05, 0) is 89.6 Å². The topological polar surface area (TPSA) is 15.6 Å². The van der Waals surface area contributed by atoms with Gasteiger partial charge in [-0.15, -0.1) is 0 Å². The number of thioether (sulfide) groups is 1. The Morgan fingerprint density at radius 3 is 2.24 bits per heavy atom. The van der Waals surface area contributed by atoms with E-state index in [9.17, 15) is 0 Å². The zero-order valence-corrected chi connectivity index (χ0v) is 23.9. The van der Waals surface area contributed by atoms with Gasteiger partial charge < -0.3 is 4.90 Å². The highest BCUT2D eigenvalue weighted by molar-refractivity contribution is 8.16. The number of nitrogens with zero attached hydrogens (tertiary/aromatic N) is 2. The first-order valence-electron chi connectivity index (χ1n) is 11.7. The van der Waals surface area contributed by atoms with Crippen LogP contribution in [0.5, 0.6) is 0 Å². The van der Waals surface area contributed by atoms with Gasteiger partial charge in [0.1, 0.15) is 0 Å². The van der Waals surface area contributed by atoms with Crippen LogP contribution in [0.15, 0.2) is 87.9 Å². The molecule has 186 valence electrons. The molecule has 0 N–H and O–H groups in total. The van der Waals surface area contributed by atoms with E-state index in [1.807, 2.05) is 54.6 Å². The second kappa shape index (κ2) is 10.4. The molecule has 0 fully saturated rings. The minimum atomic E-state index is -0.117. The van der Waals surface area contributed by atoms with Crippen molar-refractivity contribution in [3.05, 3.63) is 125 Å². The average Bonchev–Trinajstić information content (AvgIpc) is 3.29. The lowest BCUT2D eigenvalue weighted by Crippen LogP contribution is -2.35. The predicted octanol–water partition coefficient (Wildman–Crippen LogP) is 10.9. The van der Waals surface area contributed by atoms with E-state index in [-0.39, 0.29) is 6.04 Å². The van der Waals surface area contributed by atoms with Crippen molar-refractivity contribution in [3.63, 3.8) is 0 Å². The van der Waals surface area contributed by atoms with Gasteiger partial charge in [0.15, 0.2) is 5.17 Å². The molecule has 0 radical (unpaired) electrons. The van der Waals surface area contributed by atoms with Crippen LogP contribution in [0, 0.1) is 0 Å². The molecule has 6 rings (SSSR count). The van der Waals surface area contributed by atoms with Gasteiger partial charge in [0.05, 0.1) is 17.4 Å². The van der Waals surface area contributed by atoms with E-state index in [0.29, 0.717) is 25.1 Å². The van der Waals surface area contributed by atoms with Crippen molar-refractivity contribution >= 4 is 86.7 Å². The van der Waals surface area contributed by atoms with Crippen molar-refractivity contribution < 1.29 is 0 Å².